The van der Waals surface area contributed by atoms with Gasteiger partial charge in [-0.3, -0.25) is 4.79 Å². The van der Waals surface area contributed by atoms with Gasteiger partial charge in [0, 0.05) is 6.42 Å². The molecule has 0 aromatic rings. The molecule has 19 heteroatoms. The molecular formula is C88H153NO18. The third-order valence-electron chi connectivity index (χ3n) is 20.6. The zero-order valence-corrected chi connectivity index (χ0v) is 66.3. The van der Waals surface area contributed by atoms with E-state index in [0.29, 0.717) is 6.42 Å². The maximum atomic E-state index is 13.5. The highest BCUT2D eigenvalue weighted by Gasteiger charge is 2.54. The molecule has 0 saturated carbocycles. The van der Waals surface area contributed by atoms with Crippen LogP contribution < -0.4 is 5.32 Å². The van der Waals surface area contributed by atoms with Crippen molar-refractivity contribution >= 4 is 5.91 Å². The minimum absolute atomic E-state index is 0.207. The van der Waals surface area contributed by atoms with Crippen LogP contribution in [0.4, 0.5) is 0 Å². The van der Waals surface area contributed by atoms with Crippen LogP contribution >= 0.6 is 0 Å². The Morgan fingerprint density at radius 1 is 0.346 bits per heavy atom. The molecule has 107 heavy (non-hydrogen) atoms. The van der Waals surface area contributed by atoms with Crippen molar-refractivity contribution in [1.29, 1.82) is 0 Å². The van der Waals surface area contributed by atoms with Crippen molar-refractivity contribution in [2.24, 2.45) is 0 Å². The second-order valence-corrected chi connectivity index (χ2v) is 29.9. The number of amides is 1. The Kier molecular flexibility index (Phi) is 61.1. The molecule has 19 nitrogen and oxygen atoms in total. The minimum Gasteiger partial charge on any atom is -0.394 e. The van der Waals surface area contributed by atoms with E-state index < -0.39 is 124 Å². The molecule has 3 rings (SSSR count). The van der Waals surface area contributed by atoms with Crippen LogP contribution in [0.25, 0.3) is 0 Å². The SMILES string of the molecule is CC/C=C\C/C=C\C/C=C\C/C=C\C/C=C\C/C=C\C/C=C\C/C=C\CCCCCCC(=O)NC(COC1OC(CO)C(OC2OC(CO)C(OC3OC(CO)C(O)C(O)C3O)C(O)C2O)C(O)C1O)C(O)/C=C/CCCCCCCCCCCCCCCCCCCCCCCCCCCCCCCCC. The van der Waals surface area contributed by atoms with E-state index in [4.69, 9.17) is 28.4 Å². The Hall–Kier alpha value is -3.55. The van der Waals surface area contributed by atoms with E-state index in [1.165, 1.54) is 180 Å². The maximum Gasteiger partial charge on any atom is 0.220 e. The lowest BCUT2D eigenvalue weighted by Gasteiger charge is -2.48. The first-order valence-electron chi connectivity index (χ1n) is 42.6. The van der Waals surface area contributed by atoms with Gasteiger partial charge in [-0.2, -0.15) is 0 Å². The quantitative estimate of drug-likeness (QED) is 0.0199. The molecule has 3 aliphatic rings. The van der Waals surface area contributed by atoms with Crippen molar-refractivity contribution in [1.82, 2.24) is 5.32 Å². The van der Waals surface area contributed by atoms with E-state index in [1.54, 1.807) is 6.08 Å². The monoisotopic (exact) mass is 1510 g/mol. The highest BCUT2D eigenvalue weighted by Crippen LogP contribution is 2.33. The van der Waals surface area contributed by atoms with Gasteiger partial charge in [0.15, 0.2) is 18.9 Å². The van der Waals surface area contributed by atoms with Crippen LogP contribution in [0.5, 0.6) is 0 Å². The molecule has 0 aliphatic carbocycles. The van der Waals surface area contributed by atoms with Crippen LogP contribution in [0.15, 0.2) is 109 Å². The van der Waals surface area contributed by atoms with E-state index in [2.05, 4.69) is 116 Å². The summed E-state index contributed by atoms with van der Waals surface area (Å²) in [5.41, 5.74) is 0. The molecule has 17 atom stereocenters. The molecule has 17 unspecified atom stereocenters. The molecule has 0 aromatic heterocycles. The Morgan fingerprint density at radius 2 is 0.645 bits per heavy atom. The normalized spacial score (nSPS) is 26.1. The molecule has 12 N–H and O–H groups in total. The van der Waals surface area contributed by atoms with Crippen molar-refractivity contribution in [3.05, 3.63) is 109 Å². The molecule has 618 valence electrons. The van der Waals surface area contributed by atoms with Gasteiger partial charge in [-0.05, 0) is 83.5 Å². The van der Waals surface area contributed by atoms with E-state index >= 15 is 0 Å². The summed E-state index contributed by atoms with van der Waals surface area (Å²) >= 11 is 0. The number of hydrogen-bond acceptors (Lipinski definition) is 18. The minimum atomic E-state index is -1.99. The van der Waals surface area contributed by atoms with Gasteiger partial charge < -0.3 is 89.9 Å². The van der Waals surface area contributed by atoms with Gasteiger partial charge in [0.25, 0.3) is 0 Å². The lowest BCUT2D eigenvalue weighted by atomic mass is 9.96. The van der Waals surface area contributed by atoms with Crippen LogP contribution in [0.1, 0.15) is 309 Å². The third kappa shape index (κ3) is 46.3. The lowest BCUT2D eigenvalue weighted by molar-refractivity contribution is -0.379. The van der Waals surface area contributed by atoms with Gasteiger partial charge in [-0.25, -0.2) is 0 Å². The Morgan fingerprint density at radius 3 is 1.01 bits per heavy atom. The van der Waals surface area contributed by atoms with E-state index in [-0.39, 0.29) is 18.9 Å². The standard InChI is InChI=1S/C88H153NO18/c1-3-5-7-9-11-13-15-17-19-21-23-25-27-29-31-33-34-35-36-38-39-41-43-45-47-49-51-53-55-57-59-61-63-65-72(93)71(89-76(94)66-64-62-60-58-56-54-52-50-48-46-44-42-40-37-32-30-28-26-24-22-20-18-16-14-12-10-8-6-4-2)70-102-86-82(100)79(97)84(74(68-91)104-86)107-88-83(101)80(98)85(75(69-92)105-88)106-87-81(99)78(96)77(95)73(67-90)103-87/h6,8,12,14,18,20,24,26,30,32,40,42,46,48,52,54,63,65,71-75,77-88,90-93,95-101H,3-5,7,9-11,13,15-17,19,21-23,25,27-29,31,33-39,41,43-45,47,49-51,53,55-62,64,66-70H2,1-2H3,(H,89,94)/b8-6-,14-12-,20-18-,26-24-,32-30-,42-40-,48-46-,54-52-,65-63+. The van der Waals surface area contributed by atoms with E-state index in [1.807, 2.05) is 6.08 Å². The summed E-state index contributed by atoms with van der Waals surface area (Å²) in [7, 11) is 0. The molecule has 0 aromatic carbocycles. The second-order valence-electron chi connectivity index (χ2n) is 29.9. The molecule has 0 spiro atoms. The number of hydrogen-bond donors (Lipinski definition) is 12. The Labute approximate surface area is 646 Å². The van der Waals surface area contributed by atoms with E-state index in [9.17, 15) is 61.0 Å². The van der Waals surface area contributed by atoms with Gasteiger partial charge in [-0.15, -0.1) is 0 Å². The summed E-state index contributed by atoms with van der Waals surface area (Å²) in [5.74, 6) is -0.301. The molecule has 1 amide bonds. The first-order chi connectivity index (χ1) is 52.3. The molecule has 0 radical (unpaired) electrons. The van der Waals surface area contributed by atoms with Crippen LogP contribution in [0, 0.1) is 0 Å². The number of unbranched alkanes of at least 4 members (excludes halogenated alkanes) is 35. The average molecular weight is 1510 g/mol. The van der Waals surface area contributed by atoms with Gasteiger partial charge in [-0.1, -0.05) is 329 Å². The Bertz CT molecular complexity index is 2360. The zero-order chi connectivity index (χ0) is 77.4. The average Bonchev–Trinajstić information content (AvgIpc) is 0.781. The lowest BCUT2D eigenvalue weighted by Crippen LogP contribution is -2.66. The smallest absolute Gasteiger partial charge is 0.220 e. The number of ether oxygens (including phenoxy) is 6. The first-order valence-corrected chi connectivity index (χ1v) is 42.6. The largest absolute Gasteiger partial charge is 0.394 e. The summed E-state index contributed by atoms with van der Waals surface area (Å²) in [4.78, 5) is 13.5. The fourth-order valence-electron chi connectivity index (χ4n) is 13.8. The molecule has 3 saturated heterocycles. The number of aliphatic hydroxyl groups is 11. The molecule has 3 aliphatic heterocycles. The number of rotatable bonds is 67. The van der Waals surface area contributed by atoms with E-state index in [0.717, 1.165) is 103 Å². The summed E-state index contributed by atoms with van der Waals surface area (Å²) in [6.45, 7) is 1.63. The number of carbonyl (C=O) groups is 1. The fourth-order valence-corrected chi connectivity index (χ4v) is 13.8. The fraction of sp³-hybridized carbons (Fsp3) is 0.784. The molecular weight excluding hydrogens is 1360 g/mol. The number of carbonyl (C=O) groups excluding carboxylic acids is 1. The summed E-state index contributed by atoms with van der Waals surface area (Å²) in [5, 5.41) is 121. The Balaban J connectivity index is 1.37. The van der Waals surface area contributed by atoms with Crippen LogP contribution in [0.2, 0.25) is 0 Å². The zero-order valence-electron chi connectivity index (χ0n) is 66.3. The third-order valence-corrected chi connectivity index (χ3v) is 20.6. The first kappa shape index (κ1) is 97.6. The van der Waals surface area contributed by atoms with Crippen LogP contribution in [-0.4, -0.2) is 193 Å². The van der Waals surface area contributed by atoms with Gasteiger partial charge >= 0.3 is 0 Å². The van der Waals surface area contributed by atoms with Gasteiger partial charge in [0.2, 0.25) is 5.91 Å². The van der Waals surface area contributed by atoms with Crippen molar-refractivity contribution in [2.75, 3.05) is 26.4 Å². The van der Waals surface area contributed by atoms with Crippen LogP contribution in [-0.2, 0) is 33.2 Å². The molecule has 3 heterocycles. The molecule has 0 bridgehead atoms. The van der Waals surface area contributed by atoms with Crippen LogP contribution in [0.3, 0.4) is 0 Å². The van der Waals surface area contributed by atoms with Crippen molar-refractivity contribution < 1.29 is 89.4 Å². The predicted molar refractivity (Wildman–Crippen MR) is 429 cm³/mol. The highest BCUT2D eigenvalue weighted by atomic mass is 16.8. The highest BCUT2D eigenvalue weighted by molar-refractivity contribution is 5.76. The second kappa shape index (κ2) is 67.0. The van der Waals surface area contributed by atoms with Gasteiger partial charge in [0.1, 0.15) is 73.2 Å². The van der Waals surface area contributed by atoms with Crippen molar-refractivity contribution in [3.63, 3.8) is 0 Å². The maximum absolute atomic E-state index is 13.5. The number of nitrogens with one attached hydrogen (secondary N) is 1. The summed E-state index contributed by atoms with van der Waals surface area (Å²) < 4.78 is 34.5. The topological polar surface area (TPSA) is 307 Å². The van der Waals surface area contributed by atoms with Crippen molar-refractivity contribution in [2.45, 2.75) is 413 Å². The molecule has 3 fully saturated rings. The predicted octanol–water partition coefficient (Wildman–Crippen LogP) is 15.3. The summed E-state index contributed by atoms with van der Waals surface area (Å²) in [6, 6.07) is -0.998. The number of allylic oxidation sites excluding steroid dienone is 17. The number of aliphatic hydroxyl groups excluding tert-OH is 11. The summed E-state index contributed by atoms with van der Waals surface area (Å²) in [6.07, 6.45) is 66.5. The van der Waals surface area contributed by atoms with Crippen molar-refractivity contribution in [3.8, 4) is 0 Å². The van der Waals surface area contributed by atoms with Gasteiger partial charge in [0.05, 0.1) is 38.6 Å².